The molecule has 1 saturated heterocycles. The Morgan fingerprint density at radius 2 is 2.47 bits per heavy atom. The summed E-state index contributed by atoms with van der Waals surface area (Å²) < 4.78 is 0. The van der Waals surface area contributed by atoms with Gasteiger partial charge in [-0.1, -0.05) is 0 Å². The third kappa shape index (κ3) is 2.82. The van der Waals surface area contributed by atoms with Crippen LogP contribution in [0.4, 0.5) is 0 Å². The van der Waals surface area contributed by atoms with Crippen LogP contribution in [-0.4, -0.2) is 53.1 Å². The highest BCUT2D eigenvalue weighted by Gasteiger charge is 2.26. The van der Waals surface area contributed by atoms with Crippen LogP contribution in [0.2, 0.25) is 0 Å². The molecule has 2 heterocycles. The number of aromatic amines is 1. The quantitative estimate of drug-likeness (QED) is 0.594. The standard InChI is InChI=1S/C10H15N5O2/c1-15(6-7-2-13-14-3-7)10(17)8-4-12-9(16)5-11-8/h2-3,8,11H,4-6H2,1H3,(H,12,16)(H,13,14). The van der Waals surface area contributed by atoms with Gasteiger partial charge in [0.25, 0.3) is 0 Å². The van der Waals surface area contributed by atoms with Crippen LogP contribution in [0.25, 0.3) is 0 Å². The van der Waals surface area contributed by atoms with Crippen molar-refractivity contribution in [2.75, 3.05) is 20.1 Å². The van der Waals surface area contributed by atoms with Crippen molar-refractivity contribution in [3.63, 3.8) is 0 Å². The second-order valence-corrected chi connectivity index (χ2v) is 4.04. The fourth-order valence-electron chi connectivity index (χ4n) is 1.72. The average molecular weight is 237 g/mol. The first-order valence-electron chi connectivity index (χ1n) is 5.39. The van der Waals surface area contributed by atoms with Gasteiger partial charge in [-0.05, 0) is 0 Å². The Kier molecular flexibility index (Phi) is 3.38. The van der Waals surface area contributed by atoms with E-state index in [1.165, 1.54) is 0 Å². The third-order valence-electron chi connectivity index (χ3n) is 2.66. The van der Waals surface area contributed by atoms with E-state index < -0.39 is 0 Å². The van der Waals surface area contributed by atoms with E-state index in [1.807, 2.05) is 0 Å². The number of aromatic nitrogens is 2. The molecular formula is C10H15N5O2. The molecule has 0 saturated carbocycles. The number of piperazine rings is 1. The number of carbonyl (C=O) groups excluding carboxylic acids is 2. The van der Waals surface area contributed by atoms with E-state index in [9.17, 15) is 9.59 Å². The van der Waals surface area contributed by atoms with Crippen LogP contribution >= 0.6 is 0 Å². The van der Waals surface area contributed by atoms with Crippen LogP contribution < -0.4 is 10.6 Å². The number of nitrogens with one attached hydrogen (secondary N) is 3. The second kappa shape index (κ2) is 4.96. The van der Waals surface area contributed by atoms with Crippen molar-refractivity contribution in [1.29, 1.82) is 0 Å². The summed E-state index contributed by atoms with van der Waals surface area (Å²) in [6.45, 7) is 1.03. The van der Waals surface area contributed by atoms with Crippen molar-refractivity contribution in [2.24, 2.45) is 0 Å². The number of amides is 2. The molecule has 1 aliphatic rings. The topological polar surface area (TPSA) is 90.1 Å². The maximum atomic E-state index is 12.0. The molecule has 2 amide bonds. The van der Waals surface area contributed by atoms with Gasteiger partial charge in [0.05, 0.1) is 12.7 Å². The minimum Gasteiger partial charge on any atom is -0.353 e. The summed E-state index contributed by atoms with van der Waals surface area (Å²) in [6.07, 6.45) is 3.43. The van der Waals surface area contributed by atoms with E-state index >= 15 is 0 Å². The predicted molar refractivity (Wildman–Crippen MR) is 59.9 cm³/mol. The zero-order valence-corrected chi connectivity index (χ0v) is 9.56. The number of H-pyrrole nitrogens is 1. The summed E-state index contributed by atoms with van der Waals surface area (Å²) >= 11 is 0. The lowest BCUT2D eigenvalue weighted by Gasteiger charge is -2.27. The largest absolute Gasteiger partial charge is 0.353 e. The van der Waals surface area contributed by atoms with E-state index in [0.717, 1.165) is 5.56 Å². The van der Waals surface area contributed by atoms with Crippen molar-refractivity contribution >= 4 is 11.8 Å². The van der Waals surface area contributed by atoms with E-state index in [1.54, 1.807) is 24.3 Å². The number of likely N-dealkylation sites (N-methyl/N-ethyl adjacent to an activating group) is 1. The minimum atomic E-state index is -0.343. The van der Waals surface area contributed by atoms with Gasteiger partial charge in [-0.2, -0.15) is 5.10 Å². The van der Waals surface area contributed by atoms with Gasteiger partial charge in [0.15, 0.2) is 0 Å². The van der Waals surface area contributed by atoms with E-state index in [0.29, 0.717) is 13.1 Å². The normalized spacial score (nSPS) is 19.8. The Morgan fingerprint density at radius 1 is 1.65 bits per heavy atom. The first-order valence-corrected chi connectivity index (χ1v) is 5.39. The van der Waals surface area contributed by atoms with Crippen molar-refractivity contribution < 1.29 is 9.59 Å². The molecular weight excluding hydrogens is 222 g/mol. The summed E-state index contributed by atoms with van der Waals surface area (Å²) in [5.41, 5.74) is 0.945. The van der Waals surface area contributed by atoms with Crippen molar-refractivity contribution in [2.45, 2.75) is 12.6 Å². The van der Waals surface area contributed by atoms with Gasteiger partial charge in [-0.25, -0.2) is 0 Å². The Bertz CT molecular complexity index is 393. The summed E-state index contributed by atoms with van der Waals surface area (Å²) in [5, 5.41) is 12.1. The van der Waals surface area contributed by atoms with Gasteiger partial charge < -0.3 is 10.2 Å². The van der Waals surface area contributed by atoms with Gasteiger partial charge in [0, 0.05) is 31.9 Å². The molecule has 0 radical (unpaired) electrons. The number of hydrogen-bond acceptors (Lipinski definition) is 4. The first-order chi connectivity index (χ1) is 8.16. The zero-order chi connectivity index (χ0) is 12.3. The number of carbonyl (C=O) groups is 2. The molecule has 17 heavy (non-hydrogen) atoms. The lowest BCUT2D eigenvalue weighted by atomic mass is 10.2. The smallest absolute Gasteiger partial charge is 0.241 e. The van der Waals surface area contributed by atoms with Crippen LogP contribution in [0.1, 0.15) is 5.56 Å². The van der Waals surface area contributed by atoms with Crippen LogP contribution in [0.5, 0.6) is 0 Å². The average Bonchev–Trinajstić information content (AvgIpc) is 2.82. The van der Waals surface area contributed by atoms with Gasteiger partial charge >= 0.3 is 0 Å². The van der Waals surface area contributed by atoms with Crippen LogP contribution in [-0.2, 0) is 16.1 Å². The van der Waals surface area contributed by atoms with Crippen molar-refractivity contribution in [1.82, 2.24) is 25.7 Å². The molecule has 0 bridgehead atoms. The summed E-state index contributed by atoms with van der Waals surface area (Å²) in [4.78, 5) is 24.6. The molecule has 1 aromatic heterocycles. The van der Waals surface area contributed by atoms with Crippen LogP contribution in [0.3, 0.4) is 0 Å². The van der Waals surface area contributed by atoms with E-state index in [-0.39, 0.29) is 24.4 Å². The van der Waals surface area contributed by atoms with E-state index in [2.05, 4.69) is 20.8 Å². The maximum Gasteiger partial charge on any atom is 0.241 e. The molecule has 3 N–H and O–H groups in total. The third-order valence-corrected chi connectivity index (χ3v) is 2.66. The molecule has 92 valence electrons. The molecule has 0 spiro atoms. The molecule has 0 aromatic carbocycles. The zero-order valence-electron chi connectivity index (χ0n) is 9.56. The SMILES string of the molecule is CN(Cc1cn[nH]c1)C(=O)C1CNC(=O)CN1. The highest BCUT2D eigenvalue weighted by Crippen LogP contribution is 2.02. The molecule has 1 atom stereocenters. The lowest BCUT2D eigenvalue weighted by molar-refractivity contribution is -0.134. The number of rotatable bonds is 3. The maximum absolute atomic E-state index is 12.0. The van der Waals surface area contributed by atoms with Crippen LogP contribution in [0, 0.1) is 0 Å². The molecule has 7 nitrogen and oxygen atoms in total. The Hall–Kier alpha value is -1.89. The second-order valence-electron chi connectivity index (χ2n) is 4.04. The summed E-state index contributed by atoms with van der Waals surface area (Å²) in [7, 11) is 1.73. The summed E-state index contributed by atoms with van der Waals surface area (Å²) in [6, 6.07) is -0.343. The fraction of sp³-hybridized carbons (Fsp3) is 0.500. The summed E-state index contributed by atoms with van der Waals surface area (Å²) in [5.74, 6) is -0.113. The molecule has 2 rings (SSSR count). The molecule has 1 unspecified atom stereocenters. The Morgan fingerprint density at radius 3 is 3.06 bits per heavy atom. The number of nitrogens with zero attached hydrogens (tertiary/aromatic N) is 2. The Labute approximate surface area is 98.6 Å². The molecule has 1 aliphatic heterocycles. The number of hydrogen-bond donors (Lipinski definition) is 3. The van der Waals surface area contributed by atoms with E-state index in [4.69, 9.17) is 0 Å². The molecule has 1 aromatic rings. The molecule has 7 heteroatoms. The van der Waals surface area contributed by atoms with Gasteiger partial charge in [0.2, 0.25) is 11.8 Å². The molecule has 1 fully saturated rings. The first kappa shape index (κ1) is 11.6. The van der Waals surface area contributed by atoms with Gasteiger partial charge in [-0.15, -0.1) is 0 Å². The van der Waals surface area contributed by atoms with Crippen LogP contribution in [0.15, 0.2) is 12.4 Å². The monoisotopic (exact) mass is 237 g/mol. The lowest BCUT2D eigenvalue weighted by Crippen LogP contribution is -2.58. The van der Waals surface area contributed by atoms with Gasteiger partial charge in [-0.3, -0.25) is 20.0 Å². The highest BCUT2D eigenvalue weighted by atomic mass is 16.2. The highest BCUT2D eigenvalue weighted by molar-refractivity contribution is 5.86. The minimum absolute atomic E-state index is 0.0359. The van der Waals surface area contributed by atoms with Gasteiger partial charge in [0.1, 0.15) is 6.04 Å². The van der Waals surface area contributed by atoms with Crippen molar-refractivity contribution in [3.8, 4) is 0 Å². The molecule has 0 aliphatic carbocycles. The fourth-order valence-corrected chi connectivity index (χ4v) is 1.72. The van der Waals surface area contributed by atoms with Crippen molar-refractivity contribution in [3.05, 3.63) is 18.0 Å². The Balaban J connectivity index is 1.88. The predicted octanol–water partition coefficient (Wildman–Crippen LogP) is -1.54.